The summed E-state index contributed by atoms with van der Waals surface area (Å²) in [6.07, 6.45) is 10.4. The van der Waals surface area contributed by atoms with Crippen molar-refractivity contribution >= 4 is 11.7 Å². The SMILES string of the molecule is O=C(CC1CCCC1)N1CC2CCC2(Nc2cnc(F)cn2)C1. The minimum Gasteiger partial charge on any atom is -0.361 e. The number of aromatic nitrogens is 2. The zero-order valence-corrected chi connectivity index (χ0v) is 13.3. The highest BCUT2D eigenvalue weighted by atomic mass is 19.1. The molecule has 23 heavy (non-hydrogen) atoms. The summed E-state index contributed by atoms with van der Waals surface area (Å²) in [7, 11) is 0. The molecule has 1 N–H and O–H groups in total. The van der Waals surface area contributed by atoms with Crippen LogP contribution >= 0.6 is 0 Å². The maximum Gasteiger partial charge on any atom is 0.231 e. The quantitative estimate of drug-likeness (QED) is 0.927. The maximum absolute atomic E-state index is 12.9. The fourth-order valence-corrected chi connectivity index (χ4v) is 4.46. The maximum atomic E-state index is 12.9. The van der Waals surface area contributed by atoms with Gasteiger partial charge in [0.05, 0.1) is 17.9 Å². The van der Waals surface area contributed by atoms with Gasteiger partial charge in [0.2, 0.25) is 11.9 Å². The van der Waals surface area contributed by atoms with Crippen molar-refractivity contribution in [3.8, 4) is 0 Å². The van der Waals surface area contributed by atoms with E-state index in [9.17, 15) is 9.18 Å². The molecule has 3 aliphatic rings. The number of rotatable bonds is 4. The Hall–Kier alpha value is -1.72. The molecule has 0 radical (unpaired) electrons. The van der Waals surface area contributed by atoms with Gasteiger partial charge in [-0.15, -0.1) is 0 Å². The first-order valence-electron chi connectivity index (χ1n) is 8.68. The molecule has 1 saturated heterocycles. The number of likely N-dealkylation sites (tertiary alicyclic amines) is 1. The second kappa shape index (κ2) is 5.73. The van der Waals surface area contributed by atoms with Gasteiger partial charge in [-0.25, -0.2) is 9.97 Å². The Balaban J connectivity index is 1.40. The number of hydrogen-bond donors (Lipinski definition) is 1. The molecule has 5 nitrogen and oxygen atoms in total. The summed E-state index contributed by atoms with van der Waals surface area (Å²) >= 11 is 0. The van der Waals surface area contributed by atoms with Gasteiger partial charge in [-0.2, -0.15) is 4.39 Å². The highest BCUT2D eigenvalue weighted by molar-refractivity contribution is 5.77. The van der Waals surface area contributed by atoms with Crippen LogP contribution in [0.15, 0.2) is 12.4 Å². The average molecular weight is 318 g/mol. The van der Waals surface area contributed by atoms with Crippen LogP contribution in [0, 0.1) is 17.8 Å². The van der Waals surface area contributed by atoms with Crippen LogP contribution in [0.1, 0.15) is 44.9 Å². The van der Waals surface area contributed by atoms with Crippen LogP contribution in [-0.2, 0) is 4.79 Å². The van der Waals surface area contributed by atoms with Crippen molar-refractivity contribution in [1.82, 2.24) is 14.9 Å². The van der Waals surface area contributed by atoms with E-state index in [4.69, 9.17) is 0 Å². The van der Waals surface area contributed by atoms with E-state index in [2.05, 4.69) is 15.3 Å². The number of amides is 1. The van der Waals surface area contributed by atoms with Crippen LogP contribution in [-0.4, -0.2) is 39.4 Å². The first kappa shape index (κ1) is 14.8. The molecular formula is C17H23FN4O. The van der Waals surface area contributed by atoms with Crippen LogP contribution in [0.3, 0.4) is 0 Å². The lowest BCUT2D eigenvalue weighted by Gasteiger charge is -2.44. The van der Waals surface area contributed by atoms with Gasteiger partial charge in [0, 0.05) is 25.4 Å². The van der Waals surface area contributed by atoms with Gasteiger partial charge in [0.25, 0.3) is 0 Å². The van der Waals surface area contributed by atoms with Crippen LogP contribution < -0.4 is 5.32 Å². The third-order valence-electron chi connectivity index (χ3n) is 5.92. The number of nitrogens with zero attached hydrogens (tertiary/aromatic N) is 3. The largest absolute Gasteiger partial charge is 0.361 e. The predicted octanol–water partition coefficient (Wildman–Crippen LogP) is 2.60. The number of hydrogen-bond acceptors (Lipinski definition) is 4. The first-order valence-corrected chi connectivity index (χ1v) is 8.68. The summed E-state index contributed by atoms with van der Waals surface area (Å²) in [5.74, 6) is 1.39. The first-order chi connectivity index (χ1) is 11.1. The van der Waals surface area contributed by atoms with E-state index in [1.807, 2.05) is 4.90 Å². The van der Waals surface area contributed by atoms with E-state index in [0.717, 1.165) is 32.1 Å². The molecule has 1 aromatic heterocycles. The molecule has 2 atom stereocenters. The normalized spacial score (nSPS) is 30.1. The Morgan fingerprint density at radius 3 is 2.78 bits per heavy atom. The van der Waals surface area contributed by atoms with Crippen LogP contribution in [0.25, 0.3) is 0 Å². The molecule has 6 heteroatoms. The van der Waals surface area contributed by atoms with E-state index in [1.54, 1.807) is 0 Å². The molecule has 1 amide bonds. The standard InChI is InChI=1S/C17H23FN4O/c18-14-8-20-15(9-19-14)21-17-6-5-13(17)10-22(11-17)16(23)7-12-3-1-2-4-12/h8-9,12-13H,1-7,10-11H2,(H,20,21). The van der Waals surface area contributed by atoms with Crippen molar-refractivity contribution in [3.05, 3.63) is 18.3 Å². The Morgan fingerprint density at radius 2 is 2.13 bits per heavy atom. The van der Waals surface area contributed by atoms with Crippen LogP contribution in [0.4, 0.5) is 10.2 Å². The van der Waals surface area contributed by atoms with Crippen molar-refractivity contribution in [3.63, 3.8) is 0 Å². The van der Waals surface area contributed by atoms with Crippen molar-refractivity contribution < 1.29 is 9.18 Å². The van der Waals surface area contributed by atoms with E-state index in [-0.39, 0.29) is 5.54 Å². The topological polar surface area (TPSA) is 58.1 Å². The van der Waals surface area contributed by atoms with E-state index >= 15 is 0 Å². The molecule has 2 saturated carbocycles. The Kier molecular flexibility index (Phi) is 3.70. The predicted molar refractivity (Wildman–Crippen MR) is 84.2 cm³/mol. The average Bonchev–Trinajstić information content (AvgIpc) is 3.11. The van der Waals surface area contributed by atoms with Gasteiger partial charge in [-0.05, 0) is 31.6 Å². The Labute approximate surface area is 135 Å². The number of carbonyl (C=O) groups is 1. The second-order valence-corrected chi connectivity index (χ2v) is 7.37. The molecule has 2 aliphatic carbocycles. The summed E-state index contributed by atoms with van der Waals surface area (Å²) in [6, 6.07) is 0. The summed E-state index contributed by atoms with van der Waals surface area (Å²) < 4.78 is 12.9. The highest BCUT2D eigenvalue weighted by Gasteiger charge is 2.54. The van der Waals surface area contributed by atoms with Crippen molar-refractivity contribution in [2.75, 3.05) is 18.4 Å². The van der Waals surface area contributed by atoms with Crippen LogP contribution in [0.5, 0.6) is 0 Å². The van der Waals surface area contributed by atoms with Gasteiger partial charge in [-0.3, -0.25) is 4.79 Å². The van der Waals surface area contributed by atoms with Crippen LogP contribution in [0.2, 0.25) is 0 Å². The third kappa shape index (κ3) is 2.79. The van der Waals surface area contributed by atoms with Gasteiger partial charge in [-0.1, -0.05) is 12.8 Å². The van der Waals surface area contributed by atoms with Gasteiger partial charge < -0.3 is 10.2 Å². The molecule has 3 fully saturated rings. The van der Waals surface area contributed by atoms with Gasteiger partial charge in [0.15, 0.2) is 0 Å². The molecule has 0 bridgehead atoms. The molecule has 1 aromatic rings. The molecule has 0 aromatic carbocycles. The fourth-order valence-electron chi connectivity index (χ4n) is 4.46. The van der Waals surface area contributed by atoms with E-state index < -0.39 is 5.95 Å². The van der Waals surface area contributed by atoms with Crippen molar-refractivity contribution in [2.45, 2.75) is 50.5 Å². The molecule has 124 valence electrons. The van der Waals surface area contributed by atoms with Gasteiger partial charge in [0.1, 0.15) is 5.82 Å². The second-order valence-electron chi connectivity index (χ2n) is 7.37. The zero-order valence-electron chi connectivity index (χ0n) is 13.3. The summed E-state index contributed by atoms with van der Waals surface area (Å²) in [4.78, 5) is 22.3. The lowest BCUT2D eigenvalue weighted by atomic mass is 9.69. The number of fused-ring (bicyclic) bond motifs is 1. The minimum absolute atomic E-state index is 0.0855. The zero-order chi connectivity index (χ0) is 15.9. The summed E-state index contributed by atoms with van der Waals surface area (Å²) in [5.41, 5.74) is -0.0855. The van der Waals surface area contributed by atoms with E-state index in [0.29, 0.717) is 30.0 Å². The third-order valence-corrected chi connectivity index (χ3v) is 5.92. The fraction of sp³-hybridized carbons (Fsp3) is 0.706. The number of nitrogens with one attached hydrogen (secondary N) is 1. The van der Waals surface area contributed by atoms with Crippen molar-refractivity contribution in [2.24, 2.45) is 11.8 Å². The van der Waals surface area contributed by atoms with Gasteiger partial charge >= 0.3 is 0 Å². The number of anilines is 1. The molecule has 1 aliphatic heterocycles. The monoisotopic (exact) mass is 318 g/mol. The molecular weight excluding hydrogens is 295 g/mol. The smallest absolute Gasteiger partial charge is 0.231 e. The number of halogens is 1. The Morgan fingerprint density at radius 1 is 1.30 bits per heavy atom. The summed E-state index contributed by atoms with van der Waals surface area (Å²) in [6.45, 7) is 1.58. The molecule has 0 spiro atoms. The van der Waals surface area contributed by atoms with E-state index in [1.165, 1.54) is 31.9 Å². The number of carbonyl (C=O) groups excluding carboxylic acids is 1. The molecule has 4 rings (SSSR count). The molecule has 2 heterocycles. The molecule has 2 unspecified atom stereocenters. The lowest BCUT2D eigenvalue weighted by Crippen LogP contribution is -2.53. The van der Waals surface area contributed by atoms with Crippen molar-refractivity contribution in [1.29, 1.82) is 0 Å². The summed E-state index contributed by atoms with van der Waals surface area (Å²) in [5, 5.41) is 3.43. The minimum atomic E-state index is -0.571. The highest BCUT2D eigenvalue weighted by Crippen LogP contribution is 2.46. The Bertz CT molecular complexity index is 587. The lowest BCUT2D eigenvalue weighted by molar-refractivity contribution is -0.131.